The first-order valence-electron chi connectivity index (χ1n) is 7.60. The van der Waals surface area contributed by atoms with Crippen LogP contribution in [0.5, 0.6) is 0 Å². The van der Waals surface area contributed by atoms with Crippen LogP contribution in [0.1, 0.15) is 58.1 Å². The zero-order valence-corrected chi connectivity index (χ0v) is 13.1. The first-order chi connectivity index (χ1) is 9.38. The lowest BCUT2D eigenvalue weighted by Crippen LogP contribution is -2.46. The smallest absolute Gasteiger partial charge is 0.148 e. The maximum absolute atomic E-state index is 9.89. The van der Waals surface area contributed by atoms with Gasteiger partial charge in [0, 0.05) is 7.05 Å². The van der Waals surface area contributed by atoms with Gasteiger partial charge in [-0.25, -0.2) is 0 Å². The molecule has 0 spiro atoms. The second-order valence-electron chi connectivity index (χ2n) is 6.69. The van der Waals surface area contributed by atoms with E-state index in [4.69, 9.17) is 5.73 Å². The van der Waals surface area contributed by atoms with Gasteiger partial charge in [-0.2, -0.15) is 5.10 Å². The van der Waals surface area contributed by atoms with Gasteiger partial charge in [0.1, 0.15) is 5.82 Å². The molecule has 5 nitrogen and oxygen atoms in total. The Labute approximate surface area is 121 Å². The predicted molar refractivity (Wildman–Crippen MR) is 82.8 cm³/mol. The monoisotopic (exact) mass is 280 g/mol. The molecule has 1 fully saturated rings. The number of anilines is 2. The second kappa shape index (κ2) is 5.64. The SMILES string of the molecule is CC1CCCC(CO)(Nc2c(N)c(C(C)C)nn2C)C1. The van der Waals surface area contributed by atoms with Gasteiger partial charge in [-0.15, -0.1) is 0 Å². The van der Waals surface area contributed by atoms with Gasteiger partial charge in [0.2, 0.25) is 0 Å². The zero-order chi connectivity index (χ0) is 14.9. The van der Waals surface area contributed by atoms with E-state index in [1.54, 1.807) is 4.68 Å². The lowest BCUT2D eigenvalue weighted by atomic mass is 9.77. The Balaban J connectivity index is 2.28. The molecule has 20 heavy (non-hydrogen) atoms. The first-order valence-corrected chi connectivity index (χ1v) is 7.60. The summed E-state index contributed by atoms with van der Waals surface area (Å²) < 4.78 is 1.81. The Morgan fingerprint density at radius 2 is 2.25 bits per heavy atom. The largest absolute Gasteiger partial charge is 0.394 e. The van der Waals surface area contributed by atoms with Crippen LogP contribution in [0.2, 0.25) is 0 Å². The number of hydrogen-bond donors (Lipinski definition) is 3. The summed E-state index contributed by atoms with van der Waals surface area (Å²) in [5.41, 5.74) is 7.63. The minimum Gasteiger partial charge on any atom is -0.394 e. The van der Waals surface area contributed by atoms with Gasteiger partial charge in [0.25, 0.3) is 0 Å². The van der Waals surface area contributed by atoms with Gasteiger partial charge < -0.3 is 16.2 Å². The van der Waals surface area contributed by atoms with E-state index < -0.39 is 0 Å². The minimum atomic E-state index is -0.256. The van der Waals surface area contributed by atoms with Crippen molar-refractivity contribution in [1.82, 2.24) is 9.78 Å². The molecule has 0 aliphatic heterocycles. The summed E-state index contributed by atoms with van der Waals surface area (Å²) >= 11 is 0. The number of rotatable bonds is 4. The number of nitrogen functional groups attached to an aromatic ring is 1. The highest BCUT2D eigenvalue weighted by atomic mass is 16.3. The summed E-state index contributed by atoms with van der Waals surface area (Å²) in [6.07, 6.45) is 4.34. The van der Waals surface area contributed by atoms with E-state index in [1.165, 1.54) is 6.42 Å². The summed E-state index contributed by atoms with van der Waals surface area (Å²) in [4.78, 5) is 0. The van der Waals surface area contributed by atoms with E-state index in [0.717, 1.165) is 30.8 Å². The Hall–Kier alpha value is -1.23. The van der Waals surface area contributed by atoms with Crippen LogP contribution in [-0.2, 0) is 7.05 Å². The number of aliphatic hydroxyl groups excluding tert-OH is 1. The molecule has 0 bridgehead atoms. The van der Waals surface area contributed by atoms with Crippen molar-refractivity contribution in [3.63, 3.8) is 0 Å². The van der Waals surface area contributed by atoms with Crippen molar-refractivity contribution in [1.29, 1.82) is 0 Å². The standard InChI is InChI=1S/C15H28N4O/c1-10(2)13-12(16)14(19(4)18-13)17-15(9-20)7-5-6-11(3)8-15/h10-11,17,20H,5-9,16H2,1-4H3. The molecule has 1 aromatic rings. The third-order valence-electron chi connectivity index (χ3n) is 4.44. The van der Waals surface area contributed by atoms with Crippen LogP contribution < -0.4 is 11.1 Å². The molecule has 1 aliphatic carbocycles. The summed E-state index contributed by atoms with van der Waals surface area (Å²) in [5, 5.41) is 17.9. The molecule has 0 radical (unpaired) electrons. The molecule has 1 saturated carbocycles. The van der Waals surface area contributed by atoms with E-state index in [9.17, 15) is 5.11 Å². The zero-order valence-electron chi connectivity index (χ0n) is 13.1. The van der Waals surface area contributed by atoms with Gasteiger partial charge in [-0.05, 0) is 24.7 Å². The highest BCUT2D eigenvalue weighted by Gasteiger charge is 2.36. The Morgan fingerprint density at radius 3 is 2.75 bits per heavy atom. The van der Waals surface area contributed by atoms with Crippen molar-refractivity contribution in [2.24, 2.45) is 13.0 Å². The quantitative estimate of drug-likeness (QED) is 0.792. The molecular formula is C15H28N4O. The molecule has 2 atom stereocenters. The van der Waals surface area contributed by atoms with Gasteiger partial charge >= 0.3 is 0 Å². The molecule has 1 heterocycles. The second-order valence-corrected chi connectivity index (χ2v) is 6.69. The molecular weight excluding hydrogens is 252 g/mol. The van der Waals surface area contributed by atoms with Crippen molar-refractivity contribution >= 4 is 11.5 Å². The Morgan fingerprint density at radius 1 is 1.55 bits per heavy atom. The number of aromatic nitrogens is 2. The normalized spacial score (nSPS) is 27.0. The highest BCUT2D eigenvalue weighted by molar-refractivity contribution is 5.66. The average molecular weight is 280 g/mol. The van der Waals surface area contributed by atoms with Gasteiger partial charge in [0.05, 0.1) is 23.5 Å². The van der Waals surface area contributed by atoms with E-state index in [-0.39, 0.29) is 12.1 Å². The van der Waals surface area contributed by atoms with Gasteiger partial charge in [-0.1, -0.05) is 33.6 Å². The predicted octanol–water partition coefficient (Wildman–Crippen LogP) is 2.48. The fourth-order valence-electron chi connectivity index (χ4n) is 3.34. The van der Waals surface area contributed by atoms with Gasteiger partial charge in [0.15, 0.2) is 0 Å². The molecule has 1 aromatic heterocycles. The highest BCUT2D eigenvalue weighted by Crippen LogP contribution is 2.37. The van der Waals surface area contributed by atoms with Gasteiger partial charge in [-0.3, -0.25) is 4.68 Å². The summed E-state index contributed by atoms with van der Waals surface area (Å²) in [6, 6.07) is 0. The third-order valence-corrected chi connectivity index (χ3v) is 4.44. The topological polar surface area (TPSA) is 76.1 Å². The number of hydrogen-bond acceptors (Lipinski definition) is 4. The lowest BCUT2D eigenvalue weighted by molar-refractivity contribution is 0.149. The van der Waals surface area contributed by atoms with E-state index in [0.29, 0.717) is 17.5 Å². The van der Waals surface area contributed by atoms with Crippen molar-refractivity contribution in [2.45, 2.75) is 57.9 Å². The molecule has 114 valence electrons. The molecule has 4 N–H and O–H groups in total. The minimum absolute atomic E-state index is 0.138. The number of aliphatic hydroxyl groups is 1. The van der Waals surface area contributed by atoms with Crippen LogP contribution in [0.4, 0.5) is 11.5 Å². The third kappa shape index (κ3) is 2.77. The lowest BCUT2D eigenvalue weighted by Gasteiger charge is -2.40. The maximum Gasteiger partial charge on any atom is 0.148 e. The van der Waals surface area contributed by atoms with E-state index >= 15 is 0 Å². The molecule has 1 aliphatic rings. The van der Waals surface area contributed by atoms with Crippen LogP contribution in [0.3, 0.4) is 0 Å². The van der Waals surface area contributed by atoms with E-state index in [1.807, 2.05) is 7.05 Å². The molecule has 2 rings (SSSR count). The van der Waals surface area contributed by atoms with Crippen LogP contribution in [0.25, 0.3) is 0 Å². The first kappa shape index (κ1) is 15.2. The van der Waals surface area contributed by atoms with Crippen LogP contribution in [0.15, 0.2) is 0 Å². The van der Waals surface area contributed by atoms with Crippen LogP contribution in [-0.4, -0.2) is 27.0 Å². The summed E-state index contributed by atoms with van der Waals surface area (Å²) in [5.74, 6) is 1.77. The van der Waals surface area contributed by atoms with Crippen molar-refractivity contribution in [3.05, 3.63) is 5.69 Å². The number of nitrogens with one attached hydrogen (secondary N) is 1. The van der Waals surface area contributed by atoms with Crippen molar-refractivity contribution in [2.75, 3.05) is 17.7 Å². The van der Waals surface area contributed by atoms with Crippen LogP contribution in [0, 0.1) is 5.92 Å². The molecule has 0 saturated heterocycles. The number of nitrogens with zero attached hydrogens (tertiary/aromatic N) is 2. The Kier molecular flexibility index (Phi) is 4.28. The summed E-state index contributed by atoms with van der Waals surface area (Å²) in [7, 11) is 1.90. The van der Waals surface area contributed by atoms with Crippen molar-refractivity contribution in [3.8, 4) is 0 Å². The molecule has 0 aromatic carbocycles. The molecule has 2 unspecified atom stereocenters. The molecule has 5 heteroatoms. The average Bonchev–Trinajstić information content (AvgIpc) is 2.67. The van der Waals surface area contributed by atoms with Crippen LogP contribution >= 0.6 is 0 Å². The van der Waals surface area contributed by atoms with Crippen molar-refractivity contribution < 1.29 is 5.11 Å². The fourth-order valence-corrected chi connectivity index (χ4v) is 3.34. The Bertz CT molecular complexity index is 469. The number of aryl methyl sites for hydroxylation is 1. The maximum atomic E-state index is 9.89. The molecule has 0 amide bonds. The summed E-state index contributed by atoms with van der Waals surface area (Å²) in [6.45, 7) is 6.57. The fraction of sp³-hybridized carbons (Fsp3) is 0.800. The number of nitrogens with two attached hydrogens (primary N) is 1. The van der Waals surface area contributed by atoms with E-state index in [2.05, 4.69) is 31.2 Å².